The molecule has 0 unspecified atom stereocenters. The van der Waals surface area contributed by atoms with Gasteiger partial charge >= 0.3 is 0 Å². The molecule has 0 bridgehead atoms. The molecule has 1 aliphatic rings. The summed E-state index contributed by atoms with van der Waals surface area (Å²) < 4.78 is 39.1. The van der Waals surface area contributed by atoms with E-state index >= 15 is 0 Å². The maximum atomic E-state index is 13.8. The Morgan fingerprint density at radius 2 is 1.82 bits per heavy atom. The highest BCUT2D eigenvalue weighted by Crippen LogP contribution is 2.45. The molecule has 0 atom stereocenters. The Balaban J connectivity index is 1.55. The Bertz CT molecular complexity index is 1410. The van der Waals surface area contributed by atoms with Gasteiger partial charge in [-0.15, -0.1) is 0 Å². The third kappa shape index (κ3) is 6.55. The summed E-state index contributed by atoms with van der Waals surface area (Å²) in [5.41, 5.74) is 11.7. The number of nitrogens with zero attached hydrogens (tertiary/aromatic N) is 5. The molecule has 0 amide bonds. The zero-order chi connectivity index (χ0) is 29.0. The number of hydrogen-bond acceptors (Lipinski definition) is 8. The van der Waals surface area contributed by atoms with Gasteiger partial charge in [0.15, 0.2) is 5.82 Å². The zero-order valence-corrected chi connectivity index (χ0v) is 23.8. The van der Waals surface area contributed by atoms with Gasteiger partial charge in [-0.05, 0) is 49.8 Å². The molecule has 10 heteroatoms. The first-order valence-corrected chi connectivity index (χ1v) is 13.3. The van der Waals surface area contributed by atoms with Crippen LogP contribution in [0.4, 0.5) is 14.5 Å². The molecule has 4 rings (SSSR count). The van der Waals surface area contributed by atoms with Crippen molar-refractivity contribution in [1.29, 1.82) is 0 Å². The number of alkyl halides is 2. The first-order valence-electron chi connectivity index (χ1n) is 13.3. The van der Waals surface area contributed by atoms with Crippen molar-refractivity contribution in [3.8, 4) is 23.1 Å². The minimum Gasteiger partial charge on any atom is -0.480 e. The second-order valence-corrected chi connectivity index (χ2v) is 10.2. The average Bonchev–Trinajstić information content (AvgIpc) is 3.78. The molecule has 40 heavy (non-hydrogen) atoms. The molecule has 0 saturated heterocycles. The number of benzene rings is 1. The standard InChI is InChI=1S/C30H36F2N6O2/c1-7-18(2)26(38(5)15-19(3)30(4,31)32)22-10-8-20(9-11-22)16-40-28-23(33)14-34-27(37-28)24-25(21-12-13-21)35-17-36-29(24)39-6/h8-11,14-15,17,21H,7,12-13,16,33H2,1-6H3/b19-15+,26-18?. The predicted molar refractivity (Wildman–Crippen MR) is 152 cm³/mol. The zero-order valence-electron chi connectivity index (χ0n) is 23.8. The maximum absolute atomic E-state index is 13.8. The van der Waals surface area contributed by atoms with Gasteiger partial charge in [-0.1, -0.05) is 31.2 Å². The van der Waals surface area contributed by atoms with Gasteiger partial charge in [0.2, 0.25) is 11.8 Å². The van der Waals surface area contributed by atoms with Crippen LogP contribution in [0, 0.1) is 0 Å². The van der Waals surface area contributed by atoms with Gasteiger partial charge in [0.25, 0.3) is 5.92 Å². The summed E-state index contributed by atoms with van der Waals surface area (Å²) in [5, 5.41) is 0. The van der Waals surface area contributed by atoms with E-state index in [1.54, 1.807) is 19.1 Å². The molecule has 212 valence electrons. The fourth-order valence-corrected chi connectivity index (χ4v) is 4.32. The van der Waals surface area contributed by atoms with Gasteiger partial charge in [0, 0.05) is 37.4 Å². The van der Waals surface area contributed by atoms with Crippen LogP contribution in [0.5, 0.6) is 11.8 Å². The summed E-state index contributed by atoms with van der Waals surface area (Å²) in [4.78, 5) is 19.5. The molecule has 2 aromatic heterocycles. The van der Waals surface area contributed by atoms with Crippen LogP contribution in [0.2, 0.25) is 0 Å². The van der Waals surface area contributed by atoms with E-state index in [2.05, 4.69) is 19.9 Å². The molecule has 3 aromatic rings. The first kappa shape index (κ1) is 28.9. The van der Waals surface area contributed by atoms with Crippen molar-refractivity contribution >= 4 is 11.4 Å². The van der Waals surface area contributed by atoms with E-state index in [9.17, 15) is 8.78 Å². The third-order valence-electron chi connectivity index (χ3n) is 6.97. The molecular formula is C30H36F2N6O2. The first-order chi connectivity index (χ1) is 19.0. The Morgan fingerprint density at radius 3 is 2.42 bits per heavy atom. The Kier molecular flexibility index (Phi) is 8.66. The predicted octanol–water partition coefficient (Wildman–Crippen LogP) is 6.61. The van der Waals surface area contributed by atoms with Crippen LogP contribution in [-0.4, -0.2) is 44.9 Å². The SMILES string of the molecule is CCC(C)=C(c1ccc(COc2nc(-c3c(OC)ncnc3C3CC3)ncc2N)cc1)N(C)/C=C(\C)C(C)(F)F. The molecule has 0 radical (unpaired) electrons. The molecule has 8 nitrogen and oxygen atoms in total. The number of ether oxygens (including phenoxy) is 2. The van der Waals surface area contributed by atoms with Gasteiger partial charge in [-0.25, -0.2) is 23.7 Å². The van der Waals surface area contributed by atoms with Gasteiger partial charge in [-0.2, -0.15) is 4.98 Å². The lowest BCUT2D eigenvalue weighted by Crippen LogP contribution is -2.18. The van der Waals surface area contributed by atoms with Crippen LogP contribution in [0.25, 0.3) is 17.1 Å². The summed E-state index contributed by atoms with van der Waals surface area (Å²) in [6.45, 7) is 6.62. The lowest BCUT2D eigenvalue weighted by atomic mass is 10.0. The van der Waals surface area contributed by atoms with Crippen LogP contribution < -0.4 is 15.2 Å². The summed E-state index contributed by atoms with van der Waals surface area (Å²) >= 11 is 0. The minimum absolute atomic E-state index is 0.00725. The van der Waals surface area contributed by atoms with Crippen molar-refractivity contribution in [2.24, 2.45) is 0 Å². The number of nitrogens with two attached hydrogens (primary N) is 1. The number of anilines is 1. The molecule has 0 spiro atoms. The summed E-state index contributed by atoms with van der Waals surface area (Å²) in [7, 11) is 3.34. The van der Waals surface area contributed by atoms with Crippen LogP contribution >= 0.6 is 0 Å². The van der Waals surface area contributed by atoms with E-state index < -0.39 is 5.92 Å². The van der Waals surface area contributed by atoms with E-state index in [0.29, 0.717) is 28.9 Å². The maximum Gasteiger partial charge on any atom is 0.268 e. The van der Waals surface area contributed by atoms with Crippen molar-refractivity contribution < 1.29 is 18.3 Å². The molecular weight excluding hydrogens is 514 g/mol. The highest BCUT2D eigenvalue weighted by atomic mass is 19.3. The molecule has 1 fully saturated rings. The lowest BCUT2D eigenvalue weighted by molar-refractivity contribution is 0.0622. The van der Waals surface area contributed by atoms with Crippen LogP contribution in [-0.2, 0) is 6.61 Å². The van der Waals surface area contributed by atoms with Crippen molar-refractivity contribution in [2.75, 3.05) is 19.9 Å². The fraction of sp³-hybridized carbons (Fsp3) is 0.400. The number of hydrogen-bond donors (Lipinski definition) is 1. The van der Waals surface area contributed by atoms with E-state index in [-0.39, 0.29) is 18.1 Å². The normalized spacial score (nSPS) is 14.6. The topological polar surface area (TPSA) is 99.3 Å². The number of rotatable bonds is 11. The van der Waals surface area contributed by atoms with E-state index in [0.717, 1.165) is 54.3 Å². The second kappa shape index (κ2) is 12.0. The minimum atomic E-state index is -2.89. The number of nitrogen functional groups attached to an aromatic ring is 1. The summed E-state index contributed by atoms with van der Waals surface area (Å²) in [6.07, 6.45) is 7.38. The van der Waals surface area contributed by atoms with E-state index in [4.69, 9.17) is 15.2 Å². The third-order valence-corrected chi connectivity index (χ3v) is 6.97. The Morgan fingerprint density at radius 1 is 1.12 bits per heavy atom. The van der Waals surface area contributed by atoms with Crippen LogP contribution in [0.15, 0.2) is 54.1 Å². The highest BCUT2D eigenvalue weighted by Gasteiger charge is 2.31. The quantitative estimate of drug-likeness (QED) is 0.285. The Hall–Kier alpha value is -4.08. The molecule has 1 aromatic carbocycles. The van der Waals surface area contributed by atoms with Crippen LogP contribution in [0.1, 0.15) is 69.7 Å². The summed E-state index contributed by atoms with van der Waals surface area (Å²) in [6, 6.07) is 7.79. The molecule has 2 N–H and O–H groups in total. The smallest absolute Gasteiger partial charge is 0.268 e. The monoisotopic (exact) mass is 550 g/mol. The van der Waals surface area contributed by atoms with Crippen molar-refractivity contribution in [3.05, 3.63) is 71.0 Å². The van der Waals surface area contributed by atoms with Gasteiger partial charge in [0.05, 0.1) is 19.0 Å². The molecule has 2 heterocycles. The Labute approximate surface area is 234 Å². The largest absolute Gasteiger partial charge is 0.480 e. The number of allylic oxidation sites excluding steroid dienone is 2. The van der Waals surface area contributed by atoms with Crippen molar-refractivity contribution in [2.45, 2.75) is 65.4 Å². The molecule has 0 aliphatic heterocycles. The van der Waals surface area contributed by atoms with Gasteiger partial charge in [0.1, 0.15) is 24.2 Å². The van der Waals surface area contributed by atoms with Gasteiger partial charge < -0.3 is 20.1 Å². The molecule has 1 saturated carbocycles. The van der Waals surface area contributed by atoms with E-state index in [1.807, 2.05) is 38.1 Å². The van der Waals surface area contributed by atoms with Crippen LogP contribution in [0.3, 0.4) is 0 Å². The highest BCUT2D eigenvalue weighted by molar-refractivity contribution is 5.68. The number of halogens is 2. The van der Waals surface area contributed by atoms with E-state index in [1.165, 1.54) is 25.6 Å². The molecule has 1 aliphatic carbocycles. The second-order valence-electron chi connectivity index (χ2n) is 10.2. The average molecular weight is 551 g/mol. The fourth-order valence-electron chi connectivity index (χ4n) is 4.32. The number of methoxy groups -OCH3 is 1. The summed E-state index contributed by atoms with van der Waals surface area (Å²) in [5.74, 6) is -1.49. The van der Waals surface area contributed by atoms with Crippen molar-refractivity contribution in [1.82, 2.24) is 24.8 Å². The number of aromatic nitrogens is 4. The van der Waals surface area contributed by atoms with Gasteiger partial charge in [-0.3, -0.25) is 0 Å². The van der Waals surface area contributed by atoms with Crippen molar-refractivity contribution in [3.63, 3.8) is 0 Å². The lowest BCUT2D eigenvalue weighted by Gasteiger charge is -2.24.